The van der Waals surface area contributed by atoms with Gasteiger partial charge in [0.05, 0.1) is 7.05 Å². The molecule has 94 valence electrons. The average Bonchev–Trinajstić information content (AvgIpc) is 2.63. The lowest BCUT2D eigenvalue weighted by Gasteiger charge is -2.12. The number of nitrogens with zero attached hydrogens (tertiary/aromatic N) is 4. The maximum absolute atomic E-state index is 11.4. The second-order valence-corrected chi connectivity index (χ2v) is 3.38. The first kappa shape index (κ1) is 12.9. The minimum atomic E-state index is -1.07. The summed E-state index contributed by atoms with van der Waals surface area (Å²) in [7, 11) is 1.55. The van der Waals surface area contributed by atoms with Crippen LogP contribution in [0, 0.1) is 0 Å². The molecule has 0 aliphatic heterocycles. The molecule has 1 aromatic rings. The van der Waals surface area contributed by atoms with Crippen molar-refractivity contribution in [3.8, 4) is 0 Å². The molecule has 0 saturated carbocycles. The van der Waals surface area contributed by atoms with E-state index in [1.165, 1.54) is 4.80 Å². The second kappa shape index (κ2) is 5.77. The molecule has 17 heavy (non-hydrogen) atoms. The molecule has 1 rings (SSSR count). The second-order valence-electron chi connectivity index (χ2n) is 3.38. The third-order valence-electron chi connectivity index (χ3n) is 1.91. The molecule has 2 amide bonds. The quantitative estimate of drug-likeness (QED) is 0.644. The summed E-state index contributed by atoms with van der Waals surface area (Å²) in [4.78, 5) is 23.4. The Labute approximate surface area is 97.2 Å². The number of aromatic nitrogens is 4. The number of urea groups is 1. The van der Waals surface area contributed by atoms with Gasteiger partial charge in [-0.3, -0.25) is 5.32 Å². The van der Waals surface area contributed by atoms with Gasteiger partial charge in [0.15, 0.2) is 0 Å². The molecule has 0 aliphatic carbocycles. The monoisotopic (exact) mass is 242 g/mol. The fraction of sp³-hybridized carbons (Fsp3) is 0.625. The first-order valence-corrected chi connectivity index (χ1v) is 5.07. The number of tetrazole rings is 1. The van der Waals surface area contributed by atoms with Crippen molar-refractivity contribution in [3.63, 3.8) is 0 Å². The number of carbonyl (C=O) groups excluding carboxylic acids is 1. The highest BCUT2D eigenvalue weighted by Gasteiger charge is 2.19. The van der Waals surface area contributed by atoms with Gasteiger partial charge in [0.25, 0.3) is 5.95 Å². The number of hydrogen-bond donors (Lipinski definition) is 3. The maximum atomic E-state index is 11.4. The SMILES string of the molecule is CCCC(NC(=O)Nc1nnn(C)n1)C(=O)O. The Balaban J connectivity index is 2.50. The van der Waals surface area contributed by atoms with Gasteiger partial charge in [0, 0.05) is 0 Å². The van der Waals surface area contributed by atoms with E-state index in [2.05, 4.69) is 26.0 Å². The van der Waals surface area contributed by atoms with Crippen molar-refractivity contribution in [2.24, 2.45) is 7.05 Å². The van der Waals surface area contributed by atoms with Crippen LogP contribution in [0.25, 0.3) is 0 Å². The molecule has 9 nitrogen and oxygen atoms in total. The van der Waals surface area contributed by atoms with Crippen LogP contribution in [0.15, 0.2) is 0 Å². The van der Waals surface area contributed by atoms with Gasteiger partial charge in [-0.1, -0.05) is 18.4 Å². The van der Waals surface area contributed by atoms with Crippen molar-refractivity contribution in [2.45, 2.75) is 25.8 Å². The van der Waals surface area contributed by atoms with Crippen LogP contribution in [0.1, 0.15) is 19.8 Å². The molecular formula is C8H14N6O3. The van der Waals surface area contributed by atoms with E-state index in [1.54, 1.807) is 7.05 Å². The van der Waals surface area contributed by atoms with Gasteiger partial charge in [0.2, 0.25) is 0 Å². The van der Waals surface area contributed by atoms with Crippen molar-refractivity contribution in [1.29, 1.82) is 0 Å². The Kier molecular flexibility index (Phi) is 4.37. The van der Waals surface area contributed by atoms with E-state index in [9.17, 15) is 9.59 Å². The molecule has 0 radical (unpaired) electrons. The summed E-state index contributed by atoms with van der Waals surface area (Å²) in [5.74, 6) is -1.06. The predicted molar refractivity (Wildman–Crippen MR) is 57.3 cm³/mol. The van der Waals surface area contributed by atoms with Crippen LogP contribution in [-0.2, 0) is 11.8 Å². The van der Waals surface area contributed by atoms with E-state index in [0.717, 1.165) is 0 Å². The average molecular weight is 242 g/mol. The lowest BCUT2D eigenvalue weighted by Crippen LogP contribution is -2.43. The lowest BCUT2D eigenvalue weighted by atomic mass is 10.2. The van der Waals surface area contributed by atoms with Crippen molar-refractivity contribution in [2.75, 3.05) is 5.32 Å². The number of aliphatic carboxylic acids is 1. The summed E-state index contributed by atoms with van der Waals surface area (Å²) in [6.45, 7) is 1.83. The van der Waals surface area contributed by atoms with Crippen LogP contribution in [0.2, 0.25) is 0 Å². The highest BCUT2D eigenvalue weighted by Crippen LogP contribution is 1.98. The van der Waals surface area contributed by atoms with E-state index in [-0.39, 0.29) is 5.95 Å². The number of carboxylic acid groups (broad SMARTS) is 1. The Bertz CT molecular complexity index is 404. The summed E-state index contributed by atoms with van der Waals surface area (Å²) in [6.07, 6.45) is 1.01. The third kappa shape index (κ3) is 4.05. The molecule has 3 N–H and O–H groups in total. The van der Waals surface area contributed by atoms with Gasteiger partial charge in [-0.15, -0.1) is 5.10 Å². The fourth-order valence-electron chi connectivity index (χ4n) is 1.18. The zero-order valence-electron chi connectivity index (χ0n) is 9.54. The largest absolute Gasteiger partial charge is 0.480 e. The molecule has 9 heteroatoms. The maximum Gasteiger partial charge on any atom is 0.326 e. The van der Waals surface area contributed by atoms with Crippen molar-refractivity contribution >= 4 is 17.9 Å². The minimum absolute atomic E-state index is 0.0191. The highest BCUT2D eigenvalue weighted by atomic mass is 16.4. The Morgan fingerprint density at radius 3 is 2.71 bits per heavy atom. The number of carbonyl (C=O) groups is 2. The van der Waals surface area contributed by atoms with Crippen molar-refractivity contribution < 1.29 is 14.7 Å². The molecular weight excluding hydrogens is 228 g/mol. The summed E-state index contributed by atoms with van der Waals surface area (Å²) < 4.78 is 0. The van der Waals surface area contributed by atoms with E-state index in [4.69, 9.17) is 5.11 Å². The van der Waals surface area contributed by atoms with Gasteiger partial charge in [-0.05, 0) is 11.6 Å². The lowest BCUT2D eigenvalue weighted by molar-refractivity contribution is -0.139. The molecule has 0 spiro atoms. The first-order valence-electron chi connectivity index (χ1n) is 5.07. The van der Waals surface area contributed by atoms with Gasteiger partial charge >= 0.3 is 12.0 Å². The highest BCUT2D eigenvalue weighted by molar-refractivity contribution is 5.90. The van der Waals surface area contributed by atoms with Crippen LogP contribution < -0.4 is 10.6 Å². The van der Waals surface area contributed by atoms with Gasteiger partial charge < -0.3 is 10.4 Å². The number of carboxylic acids is 1. The van der Waals surface area contributed by atoms with Gasteiger partial charge in [-0.2, -0.15) is 4.80 Å². The zero-order valence-corrected chi connectivity index (χ0v) is 9.54. The number of amides is 2. The van der Waals surface area contributed by atoms with Crippen LogP contribution >= 0.6 is 0 Å². The molecule has 1 atom stereocenters. The van der Waals surface area contributed by atoms with Crippen molar-refractivity contribution in [1.82, 2.24) is 25.5 Å². The summed E-state index contributed by atoms with van der Waals surface area (Å²) >= 11 is 0. The zero-order chi connectivity index (χ0) is 12.8. The third-order valence-corrected chi connectivity index (χ3v) is 1.91. The summed E-state index contributed by atoms with van der Waals surface area (Å²) in [5.41, 5.74) is 0. The molecule has 1 heterocycles. The summed E-state index contributed by atoms with van der Waals surface area (Å²) in [6, 6.07) is -1.59. The fourth-order valence-corrected chi connectivity index (χ4v) is 1.18. The number of rotatable bonds is 5. The number of aryl methyl sites for hydroxylation is 1. The predicted octanol–water partition coefficient (Wildman–Crippen LogP) is -0.415. The smallest absolute Gasteiger partial charge is 0.326 e. The molecule has 0 saturated heterocycles. The molecule has 0 aromatic carbocycles. The van der Waals surface area contributed by atoms with Crippen LogP contribution in [-0.4, -0.2) is 43.4 Å². The normalized spacial score (nSPS) is 11.9. The van der Waals surface area contributed by atoms with Crippen LogP contribution in [0.4, 0.5) is 10.7 Å². The molecule has 0 bridgehead atoms. The van der Waals surface area contributed by atoms with Crippen LogP contribution in [0.5, 0.6) is 0 Å². The van der Waals surface area contributed by atoms with E-state index in [0.29, 0.717) is 12.8 Å². The number of anilines is 1. The minimum Gasteiger partial charge on any atom is -0.480 e. The Morgan fingerprint density at radius 1 is 1.53 bits per heavy atom. The Hall–Kier alpha value is -2.19. The van der Waals surface area contributed by atoms with Gasteiger partial charge in [0.1, 0.15) is 6.04 Å². The molecule has 0 fully saturated rings. The molecule has 0 aliphatic rings. The van der Waals surface area contributed by atoms with Gasteiger partial charge in [-0.25, -0.2) is 9.59 Å². The Morgan fingerprint density at radius 2 is 2.24 bits per heavy atom. The summed E-state index contributed by atoms with van der Waals surface area (Å²) in [5, 5.41) is 24.2. The first-order chi connectivity index (χ1) is 8.02. The topological polar surface area (TPSA) is 122 Å². The van der Waals surface area contributed by atoms with Crippen LogP contribution in [0.3, 0.4) is 0 Å². The van der Waals surface area contributed by atoms with Crippen molar-refractivity contribution in [3.05, 3.63) is 0 Å². The van der Waals surface area contributed by atoms with E-state index in [1.807, 2.05) is 6.92 Å². The standard InChI is InChI=1S/C8H14N6O3/c1-3-4-5(6(15)16)9-8(17)10-7-11-13-14(2)12-7/h5H,3-4H2,1-2H3,(H,15,16)(H2,9,10,12,17). The molecule has 1 aromatic heterocycles. The number of nitrogens with one attached hydrogen (secondary N) is 2. The molecule has 1 unspecified atom stereocenters. The van der Waals surface area contributed by atoms with E-state index >= 15 is 0 Å². The van der Waals surface area contributed by atoms with E-state index < -0.39 is 18.0 Å². The number of hydrogen-bond acceptors (Lipinski definition) is 5.